The van der Waals surface area contributed by atoms with Crippen molar-refractivity contribution in [3.8, 4) is 0 Å². The molecule has 1 aromatic heterocycles. The number of likely N-dealkylation sites (N-methyl/N-ethyl adjacent to an activating group) is 1. The second-order valence-electron chi connectivity index (χ2n) is 4.29. The standard InChI is InChI=1S/C10H18N4O/c1-13-4-3-11-8(7-13)5-9-6-10(15)12-14(9)2/h6,8,11H,3-5,7H2,1-2H3,(H,12,15). The fraction of sp³-hybridized carbons (Fsp3) is 0.700. The fourth-order valence-corrected chi connectivity index (χ4v) is 2.09. The summed E-state index contributed by atoms with van der Waals surface area (Å²) in [5.41, 5.74) is 1.05. The highest BCUT2D eigenvalue weighted by molar-refractivity contribution is 5.03. The minimum atomic E-state index is -0.0170. The average molecular weight is 210 g/mol. The van der Waals surface area contributed by atoms with Gasteiger partial charge in [0.1, 0.15) is 0 Å². The Bertz CT molecular complexity index is 381. The highest BCUT2D eigenvalue weighted by Gasteiger charge is 2.17. The van der Waals surface area contributed by atoms with E-state index in [0.29, 0.717) is 6.04 Å². The molecule has 0 aliphatic carbocycles. The van der Waals surface area contributed by atoms with Crippen LogP contribution >= 0.6 is 0 Å². The van der Waals surface area contributed by atoms with Gasteiger partial charge in [0.25, 0.3) is 5.56 Å². The molecule has 1 unspecified atom stereocenters. The van der Waals surface area contributed by atoms with Gasteiger partial charge in [0.15, 0.2) is 0 Å². The van der Waals surface area contributed by atoms with Crippen molar-refractivity contribution >= 4 is 0 Å². The molecule has 1 saturated heterocycles. The Balaban J connectivity index is 2.02. The van der Waals surface area contributed by atoms with Crippen LogP contribution in [0.3, 0.4) is 0 Å². The first-order valence-electron chi connectivity index (χ1n) is 5.32. The van der Waals surface area contributed by atoms with E-state index >= 15 is 0 Å². The predicted octanol–water partition coefficient (Wildman–Crippen LogP) is -0.840. The zero-order chi connectivity index (χ0) is 10.8. The van der Waals surface area contributed by atoms with E-state index in [9.17, 15) is 4.79 Å². The van der Waals surface area contributed by atoms with Crippen LogP contribution < -0.4 is 10.9 Å². The molecule has 2 N–H and O–H groups in total. The third-order valence-electron chi connectivity index (χ3n) is 2.92. The molecule has 2 rings (SSSR count). The minimum Gasteiger partial charge on any atom is -0.311 e. The maximum atomic E-state index is 11.1. The molecule has 1 fully saturated rings. The Labute approximate surface area is 89.1 Å². The van der Waals surface area contributed by atoms with Gasteiger partial charge in [0, 0.05) is 50.9 Å². The van der Waals surface area contributed by atoms with E-state index in [4.69, 9.17) is 0 Å². The van der Waals surface area contributed by atoms with Crippen molar-refractivity contribution < 1.29 is 0 Å². The summed E-state index contributed by atoms with van der Waals surface area (Å²) in [4.78, 5) is 13.4. The topological polar surface area (TPSA) is 53.1 Å². The Kier molecular flexibility index (Phi) is 2.93. The van der Waals surface area contributed by atoms with Crippen molar-refractivity contribution in [1.29, 1.82) is 0 Å². The summed E-state index contributed by atoms with van der Waals surface area (Å²) >= 11 is 0. The number of H-pyrrole nitrogens is 1. The third-order valence-corrected chi connectivity index (χ3v) is 2.92. The minimum absolute atomic E-state index is 0.0170. The normalized spacial score (nSPS) is 23.2. The molecule has 1 aliphatic rings. The molecule has 5 nitrogen and oxygen atoms in total. The highest BCUT2D eigenvalue weighted by Crippen LogP contribution is 2.03. The first-order valence-corrected chi connectivity index (χ1v) is 5.32. The second-order valence-corrected chi connectivity index (χ2v) is 4.29. The van der Waals surface area contributed by atoms with Gasteiger partial charge in [-0.15, -0.1) is 0 Å². The summed E-state index contributed by atoms with van der Waals surface area (Å²) < 4.78 is 1.80. The van der Waals surface area contributed by atoms with Crippen LogP contribution in [0.4, 0.5) is 0 Å². The van der Waals surface area contributed by atoms with Crippen molar-refractivity contribution in [3.63, 3.8) is 0 Å². The second kappa shape index (κ2) is 4.20. The van der Waals surface area contributed by atoms with Gasteiger partial charge < -0.3 is 10.2 Å². The smallest absolute Gasteiger partial charge is 0.264 e. The Morgan fingerprint density at radius 1 is 1.53 bits per heavy atom. The summed E-state index contributed by atoms with van der Waals surface area (Å²) in [5.74, 6) is 0. The summed E-state index contributed by atoms with van der Waals surface area (Å²) in [6.45, 7) is 3.17. The van der Waals surface area contributed by atoms with Crippen molar-refractivity contribution in [2.24, 2.45) is 7.05 Å². The number of nitrogens with zero attached hydrogens (tertiary/aromatic N) is 2. The van der Waals surface area contributed by atoms with E-state index in [1.165, 1.54) is 0 Å². The van der Waals surface area contributed by atoms with Crippen LogP contribution in [0.5, 0.6) is 0 Å². The lowest BCUT2D eigenvalue weighted by Gasteiger charge is -2.30. The van der Waals surface area contributed by atoms with E-state index in [1.807, 2.05) is 7.05 Å². The summed E-state index contributed by atoms with van der Waals surface area (Å²) in [7, 11) is 4.01. The Morgan fingerprint density at radius 3 is 2.93 bits per heavy atom. The SMILES string of the molecule is CN1CCNC(Cc2cc(=O)[nH]n2C)C1. The molecule has 0 amide bonds. The van der Waals surface area contributed by atoms with Gasteiger partial charge in [-0.2, -0.15) is 0 Å². The van der Waals surface area contributed by atoms with E-state index in [-0.39, 0.29) is 5.56 Å². The first-order chi connectivity index (χ1) is 7.15. The predicted molar refractivity (Wildman–Crippen MR) is 59.0 cm³/mol. The monoisotopic (exact) mass is 210 g/mol. The summed E-state index contributed by atoms with van der Waals surface area (Å²) in [5, 5.41) is 6.19. The summed E-state index contributed by atoms with van der Waals surface area (Å²) in [6.07, 6.45) is 0.902. The molecule has 0 saturated carbocycles. The molecular weight excluding hydrogens is 192 g/mol. The van der Waals surface area contributed by atoms with Crippen molar-refractivity contribution in [2.75, 3.05) is 26.7 Å². The lowest BCUT2D eigenvalue weighted by atomic mass is 10.1. The van der Waals surface area contributed by atoms with Gasteiger partial charge in [0.2, 0.25) is 0 Å². The zero-order valence-corrected chi connectivity index (χ0v) is 9.29. The van der Waals surface area contributed by atoms with Crippen molar-refractivity contribution in [1.82, 2.24) is 20.0 Å². The molecule has 0 spiro atoms. The maximum Gasteiger partial charge on any atom is 0.264 e. The molecule has 0 bridgehead atoms. The number of aromatic nitrogens is 2. The van der Waals surface area contributed by atoms with Gasteiger partial charge in [-0.25, -0.2) is 0 Å². The van der Waals surface area contributed by atoms with Gasteiger partial charge in [-0.05, 0) is 7.05 Å². The largest absolute Gasteiger partial charge is 0.311 e. The van der Waals surface area contributed by atoms with Gasteiger partial charge in [-0.1, -0.05) is 0 Å². The highest BCUT2D eigenvalue weighted by atomic mass is 16.1. The molecule has 1 aromatic rings. The molecule has 0 radical (unpaired) electrons. The van der Waals surface area contributed by atoms with Gasteiger partial charge in [-0.3, -0.25) is 14.6 Å². The lowest BCUT2D eigenvalue weighted by molar-refractivity contribution is 0.236. The van der Waals surface area contributed by atoms with Crippen LogP contribution in [0.15, 0.2) is 10.9 Å². The van der Waals surface area contributed by atoms with Gasteiger partial charge in [0.05, 0.1) is 0 Å². The molecular formula is C10H18N4O. The van der Waals surface area contributed by atoms with Crippen molar-refractivity contribution in [2.45, 2.75) is 12.5 Å². The number of nitrogens with one attached hydrogen (secondary N) is 2. The van der Waals surface area contributed by atoms with Crippen LogP contribution in [0.1, 0.15) is 5.69 Å². The maximum absolute atomic E-state index is 11.1. The van der Waals surface area contributed by atoms with Gasteiger partial charge >= 0.3 is 0 Å². The quantitative estimate of drug-likeness (QED) is 0.669. The first kappa shape index (κ1) is 10.4. The van der Waals surface area contributed by atoms with Crippen LogP contribution in [-0.4, -0.2) is 47.4 Å². The Morgan fingerprint density at radius 2 is 2.33 bits per heavy atom. The average Bonchev–Trinajstić information content (AvgIpc) is 2.45. The number of hydrogen-bond donors (Lipinski definition) is 2. The summed E-state index contributed by atoms with van der Waals surface area (Å²) in [6, 6.07) is 2.13. The molecule has 2 heterocycles. The fourth-order valence-electron chi connectivity index (χ4n) is 2.09. The van der Waals surface area contributed by atoms with E-state index < -0.39 is 0 Å². The third kappa shape index (κ3) is 2.49. The van der Waals surface area contributed by atoms with E-state index in [1.54, 1.807) is 10.7 Å². The molecule has 84 valence electrons. The molecule has 1 atom stereocenters. The Hall–Kier alpha value is -1.07. The van der Waals surface area contributed by atoms with Crippen molar-refractivity contribution in [3.05, 3.63) is 22.1 Å². The van der Waals surface area contributed by atoms with E-state index in [2.05, 4.69) is 22.4 Å². The van der Waals surface area contributed by atoms with Crippen LogP contribution in [-0.2, 0) is 13.5 Å². The molecule has 15 heavy (non-hydrogen) atoms. The molecule has 1 aliphatic heterocycles. The van der Waals surface area contributed by atoms with Crippen LogP contribution in [0, 0.1) is 0 Å². The zero-order valence-electron chi connectivity index (χ0n) is 9.29. The molecule has 5 heteroatoms. The number of aromatic amines is 1. The molecule has 0 aromatic carbocycles. The van der Waals surface area contributed by atoms with Crippen LogP contribution in [0.2, 0.25) is 0 Å². The van der Waals surface area contributed by atoms with E-state index in [0.717, 1.165) is 31.7 Å². The number of rotatable bonds is 2. The van der Waals surface area contributed by atoms with Crippen LogP contribution in [0.25, 0.3) is 0 Å². The number of piperazine rings is 1. The number of aryl methyl sites for hydroxylation is 1. The lowest BCUT2D eigenvalue weighted by Crippen LogP contribution is -2.50. The number of hydrogen-bond acceptors (Lipinski definition) is 3.